The molecule has 3 nitrogen and oxygen atoms in total. The topological polar surface area (TPSA) is 55.1 Å². The molecule has 1 aromatic carbocycles. The fourth-order valence-corrected chi connectivity index (χ4v) is 3.48. The van der Waals surface area contributed by atoms with Crippen molar-refractivity contribution < 1.29 is 4.79 Å². The van der Waals surface area contributed by atoms with Gasteiger partial charge in [0.2, 0.25) is 5.91 Å². The SMILES string of the molecule is NC(=S)c1ccc(NC(=O)C2CCCCS2)c(Cl)c1. The number of nitrogens with two attached hydrogens (primary N) is 1. The summed E-state index contributed by atoms with van der Waals surface area (Å²) in [5.74, 6) is 1.07. The van der Waals surface area contributed by atoms with E-state index < -0.39 is 0 Å². The second-order valence-corrected chi connectivity index (χ2v) is 6.56. The third-order valence-electron chi connectivity index (χ3n) is 2.98. The summed E-state index contributed by atoms with van der Waals surface area (Å²) < 4.78 is 0. The number of thiocarbonyl (C=S) groups is 1. The van der Waals surface area contributed by atoms with Crippen LogP contribution in [0.3, 0.4) is 0 Å². The Hall–Kier alpha value is -0.780. The van der Waals surface area contributed by atoms with Gasteiger partial charge in [0.05, 0.1) is 16.0 Å². The van der Waals surface area contributed by atoms with Crippen LogP contribution in [0.1, 0.15) is 24.8 Å². The van der Waals surface area contributed by atoms with Gasteiger partial charge in [0, 0.05) is 5.56 Å². The summed E-state index contributed by atoms with van der Waals surface area (Å²) in [5, 5.41) is 3.36. The lowest BCUT2D eigenvalue weighted by atomic mass is 10.1. The third kappa shape index (κ3) is 3.84. The first-order valence-electron chi connectivity index (χ1n) is 6.10. The summed E-state index contributed by atoms with van der Waals surface area (Å²) in [4.78, 5) is 12.4. The molecule has 1 atom stereocenters. The molecule has 0 aliphatic carbocycles. The first kappa shape index (κ1) is 14.6. The Kier molecular flexibility index (Phi) is 5.07. The van der Waals surface area contributed by atoms with E-state index in [9.17, 15) is 4.79 Å². The Balaban J connectivity index is 2.06. The van der Waals surface area contributed by atoms with Crippen molar-refractivity contribution in [2.45, 2.75) is 24.5 Å². The molecule has 1 saturated heterocycles. The van der Waals surface area contributed by atoms with Gasteiger partial charge in [-0.15, -0.1) is 11.8 Å². The molecule has 1 aliphatic rings. The van der Waals surface area contributed by atoms with Crippen molar-refractivity contribution in [3.63, 3.8) is 0 Å². The lowest BCUT2D eigenvalue weighted by molar-refractivity contribution is -0.115. The predicted octanol–water partition coefficient (Wildman–Crippen LogP) is 3.20. The maximum atomic E-state index is 12.1. The lowest BCUT2D eigenvalue weighted by Crippen LogP contribution is -2.27. The van der Waals surface area contributed by atoms with Crippen LogP contribution >= 0.6 is 35.6 Å². The summed E-state index contributed by atoms with van der Waals surface area (Å²) >= 11 is 12.7. The molecule has 6 heteroatoms. The van der Waals surface area contributed by atoms with Gasteiger partial charge in [-0.05, 0) is 36.8 Å². The minimum atomic E-state index is 0.0228. The van der Waals surface area contributed by atoms with Crippen molar-refractivity contribution in [3.8, 4) is 0 Å². The number of rotatable bonds is 3. The highest BCUT2D eigenvalue weighted by molar-refractivity contribution is 8.00. The highest BCUT2D eigenvalue weighted by Gasteiger charge is 2.22. The number of hydrogen-bond acceptors (Lipinski definition) is 3. The van der Waals surface area contributed by atoms with Crippen LogP contribution in [0.4, 0.5) is 5.69 Å². The summed E-state index contributed by atoms with van der Waals surface area (Å²) in [7, 11) is 0. The highest BCUT2D eigenvalue weighted by Crippen LogP contribution is 2.28. The number of benzene rings is 1. The molecule has 19 heavy (non-hydrogen) atoms. The van der Waals surface area contributed by atoms with Crippen LogP contribution in [0, 0.1) is 0 Å². The quantitative estimate of drug-likeness (QED) is 0.841. The largest absolute Gasteiger partial charge is 0.389 e. The molecule has 102 valence electrons. The Morgan fingerprint density at radius 1 is 1.47 bits per heavy atom. The van der Waals surface area contributed by atoms with E-state index in [1.165, 1.54) is 6.42 Å². The number of thioether (sulfide) groups is 1. The monoisotopic (exact) mass is 314 g/mol. The molecule has 1 fully saturated rings. The Bertz CT molecular complexity index is 501. The molecule has 1 aliphatic heterocycles. The second-order valence-electron chi connectivity index (χ2n) is 4.40. The van der Waals surface area contributed by atoms with E-state index in [1.807, 2.05) is 0 Å². The van der Waals surface area contributed by atoms with Crippen molar-refractivity contribution in [2.75, 3.05) is 11.1 Å². The van der Waals surface area contributed by atoms with Gasteiger partial charge in [-0.1, -0.05) is 30.2 Å². The molecule has 1 amide bonds. The van der Waals surface area contributed by atoms with Gasteiger partial charge in [0.1, 0.15) is 4.99 Å². The molecule has 0 radical (unpaired) electrons. The average molecular weight is 315 g/mol. The molecule has 3 N–H and O–H groups in total. The Labute approximate surface area is 127 Å². The third-order valence-corrected chi connectivity index (χ3v) is 4.91. The maximum Gasteiger partial charge on any atom is 0.237 e. The van der Waals surface area contributed by atoms with Crippen LogP contribution in [-0.2, 0) is 4.79 Å². The molecule has 0 aromatic heterocycles. The summed E-state index contributed by atoms with van der Waals surface area (Å²) in [6, 6.07) is 5.17. The smallest absolute Gasteiger partial charge is 0.237 e. The first-order valence-corrected chi connectivity index (χ1v) is 7.93. The van der Waals surface area contributed by atoms with Gasteiger partial charge in [0.25, 0.3) is 0 Å². The van der Waals surface area contributed by atoms with E-state index in [0.29, 0.717) is 21.3 Å². The standard InChI is InChI=1S/C13H15ClN2OS2/c14-9-7-8(12(15)18)4-5-10(9)16-13(17)11-3-1-2-6-19-11/h4-5,7,11H,1-3,6H2,(H2,15,18)(H,16,17). The van der Waals surface area contributed by atoms with Crippen LogP contribution in [0.2, 0.25) is 5.02 Å². The minimum Gasteiger partial charge on any atom is -0.389 e. The number of carbonyl (C=O) groups excluding carboxylic acids is 1. The average Bonchev–Trinajstić information content (AvgIpc) is 2.41. The van der Waals surface area contributed by atoms with Crippen molar-refractivity contribution in [1.82, 2.24) is 0 Å². The molecular weight excluding hydrogens is 300 g/mol. The van der Waals surface area contributed by atoms with Crippen LogP contribution in [0.25, 0.3) is 0 Å². The molecule has 0 bridgehead atoms. The van der Waals surface area contributed by atoms with Crippen LogP contribution in [0.5, 0.6) is 0 Å². The highest BCUT2D eigenvalue weighted by atomic mass is 35.5. The predicted molar refractivity (Wildman–Crippen MR) is 86.1 cm³/mol. The number of carbonyl (C=O) groups is 1. The maximum absolute atomic E-state index is 12.1. The zero-order chi connectivity index (χ0) is 13.8. The normalized spacial score (nSPS) is 18.9. The molecule has 1 aromatic rings. The number of halogens is 1. The number of anilines is 1. The molecule has 2 rings (SSSR count). The summed E-state index contributed by atoms with van der Waals surface area (Å²) in [5.41, 5.74) is 6.84. The molecule has 0 spiro atoms. The lowest BCUT2D eigenvalue weighted by Gasteiger charge is -2.20. The van der Waals surface area contributed by atoms with Crippen LogP contribution < -0.4 is 11.1 Å². The van der Waals surface area contributed by atoms with Gasteiger partial charge in [-0.25, -0.2) is 0 Å². The Morgan fingerprint density at radius 3 is 2.84 bits per heavy atom. The van der Waals surface area contributed by atoms with Crippen LogP contribution in [0.15, 0.2) is 18.2 Å². The van der Waals surface area contributed by atoms with E-state index in [1.54, 1.807) is 30.0 Å². The van der Waals surface area contributed by atoms with E-state index in [4.69, 9.17) is 29.6 Å². The molecule has 0 saturated carbocycles. The van der Waals surface area contributed by atoms with E-state index in [-0.39, 0.29) is 11.2 Å². The van der Waals surface area contributed by atoms with Gasteiger partial charge in [-0.2, -0.15) is 0 Å². The molecule has 1 unspecified atom stereocenters. The van der Waals surface area contributed by atoms with Gasteiger partial charge in [0.15, 0.2) is 0 Å². The molecular formula is C13H15ClN2OS2. The minimum absolute atomic E-state index is 0.0228. The fraction of sp³-hybridized carbons (Fsp3) is 0.385. The van der Waals surface area contributed by atoms with Crippen molar-refractivity contribution in [2.24, 2.45) is 5.73 Å². The zero-order valence-corrected chi connectivity index (χ0v) is 12.7. The van der Waals surface area contributed by atoms with Gasteiger partial charge >= 0.3 is 0 Å². The summed E-state index contributed by atoms with van der Waals surface area (Å²) in [6.45, 7) is 0. The van der Waals surface area contributed by atoms with Crippen molar-refractivity contribution in [3.05, 3.63) is 28.8 Å². The molecule has 1 heterocycles. The zero-order valence-electron chi connectivity index (χ0n) is 10.3. The second kappa shape index (κ2) is 6.59. The van der Waals surface area contributed by atoms with E-state index >= 15 is 0 Å². The van der Waals surface area contributed by atoms with E-state index in [2.05, 4.69) is 5.32 Å². The number of hydrogen-bond donors (Lipinski definition) is 2. The van der Waals surface area contributed by atoms with Crippen molar-refractivity contribution in [1.29, 1.82) is 0 Å². The number of nitrogens with one attached hydrogen (secondary N) is 1. The number of amides is 1. The fourth-order valence-electron chi connectivity index (χ4n) is 1.93. The summed E-state index contributed by atoms with van der Waals surface area (Å²) in [6.07, 6.45) is 3.23. The van der Waals surface area contributed by atoms with Crippen molar-refractivity contribution >= 4 is 52.2 Å². The van der Waals surface area contributed by atoms with Crippen LogP contribution in [-0.4, -0.2) is 21.9 Å². The van der Waals surface area contributed by atoms with Gasteiger partial charge < -0.3 is 11.1 Å². The van der Waals surface area contributed by atoms with Gasteiger partial charge in [-0.3, -0.25) is 4.79 Å². The van der Waals surface area contributed by atoms with E-state index in [0.717, 1.165) is 18.6 Å². The first-order chi connectivity index (χ1) is 9.08. The Morgan fingerprint density at radius 2 is 2.26 bits per heavy atom.